The number of sulfonamides is 1. The van der Waals surface area contributed by atoms with Crippen LogP contribution in [0, 0.1) is 0 Å². The largest absolute Gasteiger partial charge is 0.280 e. The molecule has 0 bridgehead atoms. The van der Waals surface area contributed by atoms with Crippen molar-refractivity contribution in [2.45, 2.75) is 20.3 Å². The van der Waals surface area contributed by atoms with Gasteiger partial charge in [-0.2, -0.15) is 5.10 Å². The summed E-state index contributed by atoms with van der Waals surface area (Å²) >= 11 is 0. The van der Waals surface area contributed by atoms with Crippen molar-refractivity contribution < 1.29 is 8.42 Å². The van der Waals surface area contributed by atoms with Crippen LogP contribution in [0.3, 0.4) is 0 Å². The van der Waals surface area contributed by atoms with Crippen LogP contribution < -0.4 is 4.72 Å². The van der Waals surface area contributed by atoms with Crippen molar-refractivity contribution >= 4 is 15.7 Å². The van der Waals surface area contributed by atoms with Gasteiger partial charge in [0.25, 0.3) is 0 Å². The number of nitrogens with zero attached hydrogens (tertiary/aromatic N) is 2. The van der Waals surface area contributed by atoms with E-state index in [-0.39, 0.29) is 5.75 Å². The van der Waals surface area contributed by atoms with E-state index in [1.54, 1.807) is 24.9 Å². The highest BCUT2D eigenvalue weighted by Gasteiger charge is 2.12. The van der Waals surface area contributed by atoms with Crippen LogP contribution in [0.25, 0.3) is 0 Å². The van der Waals surface area contributed by atoms with E-state index in [4.69, 9.17) is 0 Å². The molecule has 0 amide bonds. The van der Waals surface area contributed by atoms with Crippen LogP contribution in [-0.2, 0) is 23.5 Å². The molecule has 0 saturated heterocycles. The molecule has 1 N–H and O–H groups in total. The van der Waals surface area contributed by atoms with Crippen LogP contribution in [0.5, 0.6) is 0 Å². The number of nitrogens with one attached hydrogen (secondary N) is 1. The fourth-order valence-corrected chi connectivity index (χ4v) is 1.77. The summed E-state index contributed by atoms with van der Waals surface area (Å²) < 4.78 is 26.7. The highest BCUT2D eigenvalue weighted by atomic mass is 32.2. The maximum Gasteiger partial charge on any atom is 0.232 e. The Morgan fingerprint density at radius 1 is 1.50 bits per heavy atom. The highest BCUT2D eigenvalue weighted by molar-refractivity contribution is 7.92. The summed E-state index contributed by atoms with van der Waals surface area (Å²) in [7, 11) is -1.43. The van der Waals surface area contributed by atoms with Gasteiger partial charge in [-0.3, -0.25) is 9.40 Å². The molecular weight excluding hydrogens is 202 g/mol. The molecule has 1 aromatic rings. The number of anilines is 1. The van der Waals surface area contributed by atoms with Gasteiger partial charge in [0.05, 0.1) is 17.1 Å². The molecule has 1 heterocycles. The van der Waals surface area contributed by atoms with Crippen LogP contribution in [-0.4, -0.2) is 24.0 Å². The average Bonchev–Trinajstić information content (AvgIpc) is 2.45. The molecule has 1 aromatic heterocycles. The minimum atomic E-state index is -3.20. The topological polar surface area (TPSA) is 64.0 Å². The minimum Gasteiger partial charge on any atom is -0.280 e. The number of hydrogen-bond acceptors (Lipinski definition) is 3. The fourth-order valence-electron chi connectivity index (χ4n) is 1.12. The Balaban J connectivity index is 2.96. The molecule has 0 atom stereocenters. The lowest BCUT2D eigenvalue weighted by Crippen LogP contribution is -2.15. The van der Waals surface area contributed by atoms with Gasteiger partial charge in [0.15, 0.2) is 0 Å². The van der Waals surface area contributed by atoms with E-state index in [0.717, 1.165) is 5.69 Å². The molecule has 14 heavy (non-hydrogen) atoms. The van der Waals surface area contributed by atoms with Crippen LogP contribution in [0.15, 0.2) is 6.20 Å². The SMILES string of the molecule is CCc1nn(C)cc1NS(=O)(=O)CC. The van der Waals surface area contributed by atoms with Gasteiger partial charge in [0.1, 0.15) is 0 Å². The Morgan fingerprint density at radius 3 is 2.64 bits per heavy atom. The predicted molar refractivity (Wildman–Crippen MR) is 55.7 cm³/mol. The molecule has 1 rings (SSSR count). The lowest BCUT2D eigenvalue weighted by atomic mass is 10.3. The smallest absolute Gasteiger partial charge is 0.232 e. The molecule has 0 aliphatic carbocycles. The van der Waals surface area contributed by atoms with Crippen molar-refractivity contribution in [3.8, 4) is 0 Å². The summed E-state index contributed by atoms with van der Waals surface area (Å²) in [5.74, 6) is 0.0745. The monoisotopic (exact) mass is 217 g/mol. The molecule has 6 heteroatoms. The fraction of sp³-hybridized carbons (Fsp3) is 0.625. The third-order valence-electron chi connectivity index (χ3n) is 1.89. The second-order valence-corrected chi connectivity index (χ2v) is 5.03. The molecule has 0 aliphatic heterocycles. The van der Waals surface area contributed by atoms with Crippen molar-refractivity contribution in [3.05, 3.63) is 11.9 Å². The summed E-state index contributed by atoms with van der Waals surface area (Å²) in [5, 5.41) is 4.14. The first-order valence-corrected chi connectivity index (χ1v) is 6.16. The van der Waals surface area contributed by atoms with E-state index in [9.17, 15) is 8.42 Å². The van der Waals surface area contributed by atoms with E-state index < -0.39 is 10.0 Å². The van der Waals surface area contributed by atoms with Gasteiger partial charge in [-0.05, 0) is 13.3 Å². The third-order valence-corrected chi connectivity index (χ3v) is 3.18. The second-order valence-electron chi connectivity index (χ2n) is 3.02. The standard InChI is InChI=1S/C8H15N3O2S/c1-4-7-8(6-11(3)9-7)10-14(12,13)5-2/h6,10H,4-5H2,1-3H3. The van der Waals surface area contributed by atoms with Gasteiger partial charge in [-0.15, -0.1) is 0 Å². The Morgan fingerprint density at radius 2 is 2.14 bits per heavy atom. The zero-order valence-corrected chi connectivity index (χ0v) is 9.43. The summed E-state index contributed by atoms with van der Waals surface area (Å²) in [6.07, 6.45) is 2.38. The Bertz CT molecular complexity index is 408. The van der Waals surface area contributed by atoms with Gasteiger partial charge in [0.2, 0.25) is 10.0 Å². The molecule has 80 valence electrons. The van der Waals surface area contributed by atoms with Gasteiger partial charge in [0, 0.05) is 13.2 Å². The zero-order chi connectivity index (χ0) is 10.8. The quantitative estimate of drug-likeness (QED) is 0.809. The van der Waals surface area contributed by atoms with Crippen LogP contribution in [0.1, 0.15) is 19.5 Å². The number of hydrogen-bond donors (Lipinski definition) is 1. The van der Waals surface area contributed by atoms with Crippen molar-refractivity contribution in [2.24, 2.45) is 7.05 Å². The number of aryl methyl sites for hydroxylation is 2. The van der Waals surface area contributed by atoms with E-state index >= 15 is 0 Å². The molecule has 0 aromatic carbocycles. The van der Waals surface area contributed by atoms with Crippen LogP contribution >= 0.6 is 0 Å². The molecule has 0 aliphatic rings. The molecule has 0 unspecified atom stereocenters. The van der Waals surface area contributed by atoms with E-state index in [0.29, 0.717) is 12.1 Å². The Hall–Kier alpha value is -1.04. The summed E-state index contributed by atoms with van der Waals surface area (Å²) in [6.45, 7) is 3.54. The minimum absolute atomic E-state index is 0.0745. The normalized spacial score (nSPS) is 11.6. The molecule has 0 spiro atoms. The average molecular weight is 217 g/mol. The Labute approximate surface area is 84.2 Å². The van der Waals surface area contributed by atoms with E-state index in [1.165, 1.54) is 0 Å². The highest BCUT2D eigenvalue weighted by Crippen LogP contribution is 2.15. The first-order valence-electron chi connectivity index (χ1n) is 4.51. The van der Waals surface area contributed by atoms with Crippen LogP contribution in [0.2, 0.25) is 0 Å². The van der Waals surface area contributed by atoms with Crippen molar-refractivity contribution in [1.29, 1.82) is 0 Å². The summed E-state index contributed by atoms with van der Waals surface area (Å²) in [4.78, 5) is 0. The molecule has 0 fully saturated rings. The summed E-state index contributed by atoms with van der Waals surface area (Å²) in [6, 6.07) is 0. The lowest BCUT2D eigenvalue weighted by Gasteiger charge is -2.03. The lowest BCUT2D eigenvalue weighted by molar-refractivity contribution is 0.602. The first-order chi connectivity index (χ1) is 6.48. The molecule has 5 nitrogen and oxygen atoms in total. The number of aromatic nitrogens is 2. The molecular formula is C8H15N3O2S. The third kappa shape index (κ3) is 2.47. The van der Waals surface area contributed by atoms with E-state index in [1.807, 2.05) is 6.92 Å². The van der Waals surface area contributed by atoms with Gasteiger partial charge in [-0.25, -0.2) is 8.42 Å². The number of rotatable bonds is 4. The van der Waals surface area contributed by atoms with Crippen molar-refractivity contribution in [3.63, 3.8) is 0 Å². The van der Waals surface area contributed by atoms with Gasteiger partial charge in [-0.1, -0.05) is 6.92 Å². The van der Waals surface area contributed by atoms with E-state index in [2.05, 4.69) is 9.82 Å². The maximum atomic E-state index is 11.3. The van der Waals surface area contributed by atoms with Gasteiger partial charge < -0.3 is 0 Å². The Kier molecular flexibility index (Phi) is 3.15. The van der Waals surface area contributed by atoms with Crippen LogP contribution in [0.4, 0.5) is 5.69 Å². The zero-order valence-electron chi connectivity index (χ0n) is 8.61. The molecule has 0 radical (unpaired) electrons. The second kappa shape index (κ2) is 4.00. The molecule has 0 saturated carbocycles. The van der Waals surface area contributed by atoms with Crippen molar-refractivity contribution in [1.82, 2.24) is 9.78 Å². The van der Waals surface area contributed by atoms with Crippen molar-refractivity contribution in [2.75, 3.05) is 10.5 Å². The van der Waals surface area contributed by atoms with Gasteiger partial charge >= 0.3 is 0 Å². The first kappa shape index (κ1) is 11.0. The maximum absolute atomic E-state index is 11.3. The summed E-state index contributed by atoms with van der Waals surface area (Å²) in [5.41, 5.74) is 1.35. The predicted octanol–water partition coefficient (Wildman–Crippen LogP) is 0.744.